The van der Waals surface area contributed by atoms with Crippen LogP contribution in [0, 0.1) is 11.7 Å². The van der Waals surface area contributed by atoms with Crippen molar-refractivity contribution in [3.8, 4) is 22.9 Å². The van der Waals surface area contributed by atoms with Crippen molar-refractivity contribution in [1.29, 1.82) is 0 Å². The summed E-state index contributed by atoms with van der Waals surface area (Å²) in [6, 6.07) is 13.6. The molecule has 0 saturated heterocycles. The van der Waals surface area contributed by atoms with Crippen molar-refractivity contribution in [1.82, 2.24) is 14.9 Å². The molecule has 0 radical (unpaired) electrons. The lowest BCUT2D eigenvalue weighted by Crippen LogP contribution is -1.98. The SMILES string of the molecule is COc1cccc(/C=N/n2c(-c3ccc(C)cc3)n[nH]c2=S)c1OC. The number of hydrogen-bond donors (Lipinski definition) is 1. The van der Waals surface area contributed by atoms with Gasteiger partial charge in [-0.15, -0.1) is 0 Å². The molecule has 1 aromatic heterocycles. The molecule has 0 saturated carbocycles. The van der Waals surface area contributed by atoms with E-state index in [1.54, 1.807) is 25.1 Å². The van der Waals surface area contributed by atoms with E-state index >= 15 is 0 Å². The van der Waals surface area contributed by atoms with Gasteiger partial charge in [0.2, 0.25) is 4.77 Å². The van der Waals surface area contributed by atoms with Gasteiger partial charge in [0.05, 0.1) is 20.4 Å². The van der Waals surface area contributed by atoms with Crippen LogP contribution in [0.5, 0.6) is 11.5 Å². The summed E-state index contributed by atoms with van der Waals surface area (Å²) in [7, 11) is 3.19. The Hall–Kier alpha value is -2.93. The second-order valence-corrected chi connectivity index (χ2v) is 5.74. The van der Waals surface area contributed by atoms with E-state index < -0.39 is 0 Å². The summed E-state index contributed by atoms with van der Waals surface area (Å²) in [5.41, 5.74) is 2.88. The Morgan fingerprint density at radius 2 is 1.88 bits per heavy atom. The van der Waals surface area contributed by atoms with Gasteiger partial charge in [-0.2, -0.15) is 14.9 Å². The number of ether oxygens (including phenoxy) is 2. The van der Waals surface area contributed by atoms with Crippen LogP contribution >= 0.6 is 12.2 Å². The normalized spacial score (nSPS) is 11.0. The highest BCUT2D eigenvalue weighted by atomic mass is 32.1. The number of rotatable bonds is 5. The van der Waals surface area contributed by atoms with Crippen LogP contribution in [0.4, 0.5) is 0 Å². The molecular formula is C18H18N4O2S. The van der Waals surface area contributed by atoms with Crippen LogP contribution in [0.25, 0.3) is 11.4 Å². The number of aromatic nitrogens is 3. The Labute approximate surface area is 150 Å². The molecule has 25 heavy (non-hydrogen) atoms. The molecule has 1 heterocycles. The molecule has 0 aliphatic heterocycles. The van der Waals surface area contributed by atoms with E-state index in [9.17, 15) is 0 Å². The average molecular weight is 354 g/mol. The second kappa shape index (κ2) is 7.31. The molecule has 0 aliphatic rings. The van der Waals surface area contributed by atoms with Gasteiger partial charge in [-0.05, 0) is 31.3 Å². The quantitative estimate of drug-likeness (QED) is 0.559. The molecule has 0 amide bonds. The lowest BCUT2D eigenvalue weighted by Gasteiger charge is -2.09. The predicted molar refractivity (Wildman–Crippen MR) is 100 cm³/mol. The number of nitrogens with zero attached hydrogens (tertiary/aromatic N) is 3. The first-order chi connectivity index (χ1) is 12.1. The highest BCUT2D eigenvalue weighted by Crippen LogP contribution is 2.29. The zero-order valence-corrected chi connectivity index (χ0v) is 15.0. The van der Waals surface area contributed by atoms with Crippen LogP contribution in [0.1, 0.15) is 11.1 Å². The van der Waals surface area contributed by atoms with Crippen LogP contribution in [0.2, 0.25) is 0 Å². The molecule has 0 aliphatic carbocycles. The van der Waals surface area contributed by atoms with Gasteiger partial charge >= 0.3 is 0 Å². The minimum Gasteiger partial charge on any atom is -0.493 e. The number of aromatic amines is 1. The maximum atomic E-state index is 5.42. The Balaban J connectivity index is 2.02. The largest absolute Gasteiger partial charge is 0.493 e. The molecule has 0 unspecified atom stereocenters. The summed E-state index contributed by atoms with van der Waals surface area (Å²) < 4.78 is 12.7. The Morgan fingerprint density at radius 1 is 1.12 bits per heavy atom. The summed E-state index contributed by atoms with van der Waals surface area (Å²) in [6.07, 6.45) is 1.67. The first kappa shape index (κ1) is 16.9. The molecule has 1 N–H and O–H groups in total. The van der Waals surface area contributed by atoms with Crippen LogP contribution in [0.15, 0.2) is 47.6 Å². The smallest absolute Gasteiger partial charge is 0.216 e. The average Bonchev–Trinajstić information content (AvgIpc) is 3.00. The van der Waals surface area contributed by atoms with Gasteiger partial charge < -0.3 is 9.47 Å². The molecule has 0 spiro atoms. The summed E-state index contributed by atoms with van der Waals surface area (Å²) in [5.74, 6) is 1.89. The topological polar surface area (TPSA) is 64.4 Å². The van der Waals surface area contributed by atoms with Gasteiger partial charge in [0.15, 0.2) is 17.3 Å². The van der Waals surface area contributed by atoms with Gasteiger partial charge in [0.1, 0.15) is 0 Å². The van der Waals surface area contributed by atoms with E-state index in [0.29, 0.717) is 22.1 Å². The van der Waals surface area contributed by atoms with Crippen LogP contribution in [-0.4, -0.2) is 35.3 Å². The van der Waals surface area contributed by atoms with Crippen LogP contribution in [0.3, 0.4) is 0 Å². The zero-order chi connectivity index (χ0) is 17.8. The van der Waals surface area contributed by atoms with E-state index in [4.69, 9.17) is 21.7 Å². The number of benzene rings is 2. The standard InChI is InChI=1S/C18H18N4O2S/c1-12-7-9-13(10-8-12)17-20-21-18(25)22(17)19-11-14-5-4-6-15(23-2)16(14)24-3/h4-11H,1-3H3,(H,21,25)/b19-11+. The molecule has 7 heteroatoms. The van der Waals surface area contributed by atoms with Crippen LogP contribution in [-0.2, 0) is 0 Å². The second-order valence-electron chi connectivity index (χ2n) is 5.36. The molecular weight excluding hydrogens is 336 g/mol. The van der Waals surface area contributed by atoms with Crippen molar-refractivity contribution in [2.45, 2.75) is 6.92 Å². The lowest BCUT2D eigenvalue weighted by atomic mass is 10.1. The molecule has 3 aromatic rings. The maximum Gasteiger partial charge on any atom is 0.216 e. The van der Waals surface area contributed by atoms with Crippen molar-refractivity contribution in [3.63, 3.8) is 0 Å². The molecule has 0 fully saturated rings. The molecule has 2 aromatic carbocycles. The Bertz CT molecular complexity index is 958. The highest BCUT2D eigenvalue weighted by molar-refractivity contribution is 7.71. The van der Waals surface area contributed by atoms with Crippen molar-refractivity contribution in [2.24, 2.45) is 5.10 Å². The van der Waals surface area contributed by atoms with E-state index in [2.05, 4.69) is 15.3 Å². The third kappa shape index (κ3) is 3.46. The van der Waals surface area contributed by atoms with Gasteiger partial charge in [0.25, 0.3) is 0 Å². The lowest BCUT2D eigenvalue weighted by molar-refractivity contribution is 0.354. The fourth-order valence-electron chi connectivity index (χ4n) is 2.42. The first-order valence-corrected chi connectivity index (χ1v) is 8.04. The fourth-order valence-corrected chi connectivity index (χ4v) is 2.60. The number of para-hydroxylation sites is 1. The maximum absolute atomic E-state index is 5.42. The molecule has 128 valence electrons. The summed E-state index contributed by atoms with van der Waals surface area (Å²) in [4.78, 5) is 0. The van der Waals surface area contributed by atoms with Crippen LogP contribution < -0.4 is 9.47 Å². The monoisotopic (exact) mass is 354 g/mol. The third-order valence-electron chi connectivity index (χ3n) is 3.71. The molecule has 6 nitrogen and oxygen atoms in total. The zero-order valence-electron chi connectivity index (χ0n) is 14.2. The van der Waals surface area contributed by atoms with Crippen molar-refractivity contribution in [2.75, 3.05) is 14.2 Å². The minimum absolute atomic E-state index is 0.411. The number of nitrogens with one attached hydrogen (secondary N) is 1. The van der Waals surface area contributed by atoms with E-state index in [1.807, 2.05) is 49.4 Å². The first-order valence-electron chi connectivity index (χ1n) is 7.64. The summed E-state index contributed by atoms with van der Waals surface area (Å²) >= 11 is 5.30. The van der Waals surface area contributed by atoms with Gasteiger partial charge in [-0.25, -0.2) is 5.10 Å². The molecule has 0 bridgehead atoms. The minimum atomic E-state index is 0.411. The number of hydrogen-bond acceptors (Lipinski definition) is 5. The van der Waals surface area contributed by atoms with Crippen molar-refractivity contribution in [3.05, 3.63) is 58.4 Å². The molecule has 0 atom stereocenters. The van der Waals surface area contributed by atoms with Crippen molar-refractivity contribution < 1.29 is 9.47 Å². The number of aryl methyl sites for hydroxylation is 1. The molecule has 3 rings (SSSR count). The van der Waals surface area contributed by atoms with Gasteiger partial charge in [-0.1, -0.05) is 35.9 Å². The van der Waals surface area contributed by atoms with Gasteiger partial charge in [0, 0.05) is 11.1 Å². The fraction of sp³-hybridized carbons (Fsp3) is 0.167. The van der Waals surface area contributed by atoms with Gasteiger partial charge in [-0.3, -0.25) is 0 Å². The van der Waals surface area contributed by atoms with E-state index in [1.165, 1.54) is 5.56 Å². The number of H-pyrrole nitrogens is 1. The Kier molecular flexibility index (Phi) is 4.95. The van der Waals surface area contributed by atoms with Crippen molar-refractivity contribution >= 4 is 18.4 Å². The summed E-state index contributed by atoms with van der Waals surface area (Å²) in [5, 5.41) is 11.5. The number of methoxy groups -OCH3 is 2. The predicted octanol–water partition coefficient (Wildman–Crippen LogP) is 3.82. The van der Waals surface area contributed by atoms with E-state index in [0.717, 1.165) is 11.1 Å². The Morgan fingerprint density at radius 3 is 2.56 bits per heavy atom. The highest BCUT2D eigenvalue weighted by Gasteiger charge is 2.10. The third-order valence-corrected chi connectivity index (χ3v) is 3.97. The van der Waals surface area contributed by atoms with E-state index in [-0.39, 0.29) is 0 Å². The summed E-state index contributed by atoms with van der Waals surface area (Å²) in [6.45, 7) is 2.04.